The first-order valence-corrected chi connectivity index (χ1v) is 8.61. The first kappa shape index (κ1) is 17.9. The summed E-state index contributed by atoms with van der Waals surface area (Å²) in [5.41, 5.74) is 2.51. The van der Waals surface area contributed by atoms with Crippen LogP contribution in [0.1, 0.15) is 37.0 Å². The first-order chi connectivity index (χ1) is 12.5. The van der Waals surface area contributed by atoms with Crippen molar-refractivity contribution < 1.29 is 14.3 Å². The zero-order valence-electron chi connectivity index (χ0n) is 15.1. The number of fused-ring (bicyclic) bond motifs is 1. The van der Waals surface area contributed by atoms with Gasteiger partial charge in [0.05, 0.1) is 24.8 Å². The number of ether oxygens (including phenoxy) is 1. The summed E-state index contributed by atoms with van der Waals surface area (Å²) in [5, 5.41) is 2.81. The Morgan fingerprint density at radius 1 is 1.35 bits per heavy atom. The van der Waals surface area contributed by atoms with Crippen LogP contribution in [-0.4, -0.2) is 51.5 Å². The van der Waals surface area contributed by atoms with E-state index in [9.17, 15) is 9.59 Å². The highest BCUT2D eigenvalue weighted by molar-refractivity contribution is 5.84. The Morgan fingerprint density at radius 3 is 2.81 bits per heavy atom. The number of esters is 1. The Labute approximate surface area is 152 Å². The lowest BCUT2D eigenvalue weighted by molar-refractivity contribution is -0.144. The fourth-order valence-corrected chi connectivity index (χ4v) is 3.17. The van der Waals surface area contributed by atoms with E-state index in [1.807, 2.05) is 32.0 Å². The molecule has 26 heavy (non-hydrogen) atoms. The molecular weight excluding hydrogens is 334 g/mol. The second-order valence-corrected chi connectivity index (χ2v) is 6.56. The number of imidazole rings is 1. The summed E-state index contributed by atoms with van der Waals surface area (Å²) in [6.45, 7) is 4.22. The molecular formula is C18H23N5O3. The lowest BCUT2D eigenvalue weighted by atomic mass is 9.99. The van der Waals surface area contributed by atoms with Gasteiger partial charge in [-0.1, -0.05) is 19.9 Å². The maximum atomic E-state index is 13.0. The van der Waals surface area contributed by atoms with E-state index in [0.29, 0.717) is 13.0 Å². The van der Waals surface area contributed by atoms with E-state index in [2.05, 4.69) is 20.3 Å². The third kappa shape index (κ3) is 3.40. The molecule has 0 fully saturated rings. The van der Waals surface area contributed by atoms with Crippen LogP contribution in [0, 0.1) is 5.92 Å². The normalized spacial score (nSPS) is 17.5. The molecule has 138 valence electrons. The Kier molecular flexibility index (Phi) is 5.20. The zero-order chi connectivity index (χ0) is 18.7. The minimum absolute atomic E-state index is 0.0922. The number of H-pyrrole nitrogens is 1. The third-order valence-corrected chi connectivity index (χ3v) is 4.55. The van der Waals surface area contributed by atoms with E-state index in [4.69, 9.17) is 4.74 Å². The lowest BCUT2D eigenvalue weighted by Crippen LogP contribution is -2.53. The average Bonchev–Trinajstić information content (AvgIpc) is 3.13. The van der Waals surface area contributed by atoms with E-state index >= 15 is 0 Å². The second kappa shape index (κ2) is 7.55. The number of pyridine rings is 1. The van der Waals surface area contributed by atoms with E-state index in [1.165, 1.54) is 7.11 Å². The van der Waals surface area contributed by atoms with Crippen molar-refractivity contribution in [1.29, 1.82) is 0 Å². The highest BCUT2D eigenvalue weighted by Gasteiger charge is 2.36. The molecule has 0 aliphatic carbocycles. The number of carbonyl (C=O) groups excluding carboxylic acids is 2. The van der Waals surface area contributed by atoms with Crippen LogP contribution in [0.15, 0.2) is 30.7 Å². The minimum atomic E-state index is -0.711. The van der Waals surface area contributed by atoms with Gasteiger partial charge in [0.1, 0.15) is 12.1 Å². The number of amides is 2. The number of carbonyl (C=O) groups is 2. The van der Waals surface area contributed by atoms with Crippen molar-refractivity contribution in [3.05, 3.63) is 47.8 Å². The number of urea groups is 1. The first-order valence-electron chi connectivity index (χ1n) is 8.61. The van der Waals surface area contributed by atoms with Gasteiger partial charge in [0.25, 0.3) is 0 Å². The van der Waals surface area contributed by atoms with Crippen molar-refractivity contribution in [2.24, 2.45) is 5.92 Å². The van der Waals surface area contributed by atoms with Crippen molar-refractivity contribution in [3.8, 4) is 0 Å². The van der Waals surface area contributed by atoms with Gasteiger partial charge in [-0.2, -0.15) is 0 Å². The molecule has 0 spiro atoms. The molecule has 0 saturated heterocycles. The van der Waals surface area contributed by atoms with Crippen molar-refractivity contribution in [3.63, 3.8) is 0 Å². The lowest BCUT2D eigenvalue weighted by Gasteiger charge is -2.35. The summed E-state index contributed by atoms with van der Waals surface area (Å²) in [6, 6.07) is 4.13. The number of hydrogen-bond donors (Lipinski definition) is 2. The Morgan fingerprint density at radius 2 is 2.15 bits per heavy atom. The van der Waals surface area contributed by atoms with Gasteiger partial charge >= 0.3 is 12.0 Å². The molecule has 3 heterocycles. The smallest absolute Gasteiger partial charge is 0.328 e. The fourth-order valence-electron chi connectivity index (χ4n) is 3.17. The number of aromatic nitrogens is 3. The van der Waals surface area contributed by atoms with E-state index in [1.54, 1.807) is 17.4 Å². The van der Waals surface area contributed by atoms with Gasteiger partial charge in [-0.25, -0.2) is 14.6 Å². The molecule has 1 aliphatic heterocycles. The molecule has 8 nitrogen and oxygen atoms in total. The molecule has 0 aromatic carbocycles. The maximum Gasteiger partial charge on any atom is 0.328 e. The summed E-state index contributed by atoms with van der Waals surface area (Å²) in [6.07, 6.45) is 3.99. The van der Waals surface area contributed by atoms with Crippen LogP contribution in [-0.2, 0) is 16.0 Å². The molecule has 2 N–H and O–H groups in total. The Bertz CT molecular complexity index is 774. The van der Waals surface area contributed by atoms with Crippen molar-refractivity contribution >= 4 is 12.0 Å². The van der Waals surface area contributed by atoms with Crippen molar-refractivity contribution in [2.75, 3.05) is 13.7 Å². The molecule has 2 atom stereocenters. The molecule has 0 radical (unpaired) electrons. The minimum Gasteiger partial charge on any atom is -0.467 e. The van der Waals surface area contributed by atoms with Crippen LogP contribution in [0.2, 0.25) is 0 Å². The summed E-state index contributed by atoms with van der Waals surface area (Å²) in [5.74, 6) is -0.550. The molecule has 3 rings (SSSR count). The number of nitrogens with zero attached hydrogens (tertiary/aromatic N) is 3. The average molecular weight is 357 g/mol. The molecule has 8 heteroatoms. The van der Waals surface area contributed by atoms with Crippen LogP contribution in [0.4, 0.5) is 4.79 Å². The number of methoxy groups -OCH3 is 1. The van der Waals surface area contributed by atoms with Gasteiger partial charge < -0.3 is 19.9 Å². The molecule has 1 aliphatic rings. The Hall–Kier alpha value is -2.90. The van der Waals surface area contributed by atoms with Crippen LogP contribution in [0.5, 0.6) is 0 Å². The van der Waals surface area contributed by atoms with Gasteiger partial charge in [-0.05, 0) is 18.1 Å². The maximum absolute atomic E-state index is 13.0. The standard InChI is InChI=1S/C18H23N5O3/c1-11(2)14(17(24)26-3)22-18(25)23-9-7-12-15(21-10-20-12)16(23)13-6-4-5-8-19-13/h4-6,8,10-11,14,16H,7,9H2,1-3H3,(H,20,21)(H,22,25)/t14-,16+/m1/s1. The largest absolute Gasteiger partial charge is 0.467 e. The number of hydrogen-bond acceptors (Lipinski definition) is 5. The van der Waals surface area contributed by atoms with Gasteiger partial charge in [0.15, 0.2) is 0 Å². The van der Waals surface area contributed by atoms with Crippen molar-refractivity contribution in [1.82, 2.24) is 25.2 Å². The molecule has 2 aromatic rings. The predicted octanol–water partition coefficient (Wildman–Crippen LogP) is 1.66. The second-order valence-electron chi connectivity index (χ2n) is 6.56. The topological polar surface area (TPSA) is 100 Å². The predicted molar refractivity (Wildman–Crippen MR) is 94.3 cm³/mol. The fraction of sp³-hybridized carbons (Fsp3) is 0.444. The molecule has 0 bridgehead atoms. The van der Waals surface area contributed by atoms with E-state index in [0.717, 1.165) is 17.1 Å². The van der Waals surface area contributed by atoms with Crippen LogP contribution in [0.3, 0.4) is 0 Å². The summed E-state index contributed by atoms with van der Waals surface area (Å²) in [4.78, 5) is 38.6. The van der Waals surface area contributed by atoms with E-state index < -0.39 is 18.1 Å². The van der Waals surface area contributed by atoms with Crippen LogP contribution >= 0.6 is 0 Å². The van der Waals surface area contributed by atoms with Crippen molar-refractivity contribution in [2.45, 2.75) is 32.4 Å². The molecule has 2 amide bonds. The van der Waals surface area contributed by atoms with E-state index in [-0.39, 0.29) is 11.9 Å². The molecule has 2 aromatic heterocycles. The van der Waals surface area contributed by atoms with Gasteiger partial charge in [0, 0.05) is 24.9 Å². The summed E-state index contributed by atoms with van der Waals surface area (Å²) >= 11 is 0. The Balaban J connectivity index is 1.90. The van der Waals surface area contributed by atoms with Gasteiger partial charge in [-0.15, -0.1) is 0 Å². The molecule has 0 saturated carbocycles. The van der Waals surface area contributed by atoms with Crippen LogP contribution in [0.25, 0.3) is 0 Å². The zero-order valence-corrected chi connectivity index (χ0v) is 15.1. The number of rotatable bonds is 4. The third-order valence-electron chi connectivity index (χ3n) is 4.55. The highest BCUT2D eigenvalue weighted by atomic mass is 16.5. The van der Waals surface area contributed by atoms with Gasteiger partial charge in [0.2, 0.25) is 0 Å². The molecule has 0 unspecified atom stereocenters. The summed E-state index contributed by atoms with van der Waals surface area (Å²) < 4.78 is 4.82. The highest BCUT2D eigenvalue weighted by Crippen LogP contribution is 2.32. The monoisotopic (exact) mass is 357 g/mol. The van der Waals surface area contributed by atoms with Gasteiger partial charge in [-0.3, -0.25) is 4.98 Å². The quantitative estimate of drug-likeness (QED) is 0.811. The number of aromatic amines is 1. The van der Waals surface area contributed by atoms with Crippen LogP contribution < -0.4 is 5.32 Å². The SMILES string of the molecule is COC(=O)[C@H](NC(=O)N1CCc2[nH]cnc2[C@@H]1c1ccccn1)C(C)C. The summed E-state index contributed by atoms with van der Waals surface area (Å²) in [7, 11) is 1.32. The number of nitrogens with one attached hydrogen (secondary N) is 2.